The number of esters is 1. The molecular formula is C20H34O3. The summed E-state index contributed by atoms with van der Waals surface area (Å²) in [6.07, 6.45) is 7.85. The van der Waals surface area contributed by atoms with Crippen LogP contribution in [0.3, 0.4) is 0 Å². The van der Waals surface area contributed by atoms with Crippen molar-refractivity contribution in [3.05, 3.63) is 0 Å². The van der Waals surface area contributed by atoms with E-state index in [1.165, 1.54) is 6.42 Å². The van der Waals surface area contributed by atoms with Crippen LogP contribution in [0.25, 0.3) is 0 Å². The van der Waals surface area contributed by atoms with Crippen LogP contribution in [0.1, 0.15) is 86.0 Å². The summed E-state index contributed by atoms with van der Waals surface area (Å²) in [5.41, 5.74) is -1.43. The number of aliphatic hydroxyl groups is 1. The molecule has 23 heavy (non-hydrogen) atoms. The highest BCUT2D eigenvalue weighted by Gasteiger charge is 2.64. The Labute approximate surface area is 141 Å². The highest BCUT2D eigenvalue weighted by Crippen LogP contribution is 2.66. The normalized spacial score (nSPS) is 41.7. The third-order valence-corrected chi connectivity index (χ3v) is 7.58. The summed E-state index contributed by atoms with van der Waals surface area (Å²) in [7, 11) is 0. The van der Waals surface area contributed by atoms with Gasteiger partial charge >= 0.3 is 5.97 Å². The smallest absolute Gasteiger partial charge is 0.312 e. The van der Waals surface area contributed by atoms with E-state index in [1.54, 1.807) is 0 Å². The Morgan fingerprint density at radius 1 is 1.09 bits per heavy atom. The lowest BCUT2D eigenvalue weighted by Crippen LogP contribution is -2.64. The second kappa shape index (κ2) is 5.21. The highest BCUT2D eigenvalue weighted by molar-refractivity contribution is 5.76. The van der Waals surface area contributed by atoms with Gasteiger partial charge in [0.15, 0.2) is 0 Å². The Hall–Kier alpha value is -0.570. The molecule has 0 aliphatic heterocycles. The maximum atomic E-state index is 12.8. The summed E-state index contributed by atoms with van der Waals surface area (Å²) in [4.78, 5) is 12.8. The summed E-state index contributed by atoms with van der Waals surface area (Å²) in [5.74, 6) is 1.15. The van der Waals surface area contributed by atoms with E-state index in [-0.39, 0.29) is 11.4 Å². The summed E-state index contributed by atoms with van der Waals surface area (Å²) in [5, 5.41) is 11.0. The van der Waals surface area contributed by atoms with E-state index in [0.29, 0.717) is 11.8 Å². The van der Waals surface area contributed by atoms with Gasteiger partial charge in [-0.1, -0.05) is 13.8 Å². The molecule has 4 aliphatic rings. The molecule has 3 heteroatoms. The predicted octanol–water partition coefficient (Wildman–Crippen LogP) is 4.47. The standard InChI is InChI=1S/C20H34O3/c1-6-17(3,4)16(21)23-18(5,7-2)19-9-14-8-15(10-19)12-20(22,11-14)13-19/h14-15,22H,6-13H2,1-5H3. The van der Waals surface area contributed by atoms with Gasteiger partial charge in [-0.15, -0.1) is 0 Å². The second-order valence-corrected chi connectivity index (χ2v) is 9.68. The first kappa shape index (κ1) is 17.3. The van der Waals surface area contributed by atoms with E-state index in [0.717, 1.165) is 44.9 Å². The molecule has 3 atom stereocenters. The van der Waals surface area contributed by atoms with Crippen LogP contribution < -0.4 is 0 Å². The Balaban J connectivity index is 1.89. The number of carbonyl (C=O) groups is 1. The van der Waals surface area contributed by atoms with Crippen LogP contribution in [-0.2, 0) is 9.53 Å². The molecule has 1 N–H and O–H groups in total. The van der Waals surface area contributed by atoms with Gasteiger partial charge in [-0.2, -0.15) is 0 Å². The third kappa shape index (κ3) is 2.63. The van der Waals surface area contributed by atoms with Crippen LogP contribution in [-0.4, -0.2) is 22.3 Å². The Morgan fingerprint density at radius 2 is 1.65 bits per heavy atom. The fourth-order valence-electron chi connectivity index (χ4n) is 5.88. The molecule has 132 valence electrons. The SMILES string of the molecule is CCC(C)(C)C(=O)OC(C)(CC)C12CC3CC(CC(O)(C3)C1)C2. The summed E-state index contributed by atoms with van der Waals surface area (Å²) >= 11 is 0. The minimum Gasteiger partial charge on any atom is -0.458 e. The molecule has 0 radical (unpaired) electrons. The molecule has 0 aromatic carbocycles. The van der Waals surface area contributed by atoms with E-state index < -0.39 is 16.6 Å². The fourth-order valence-corrected chi connectivity index (χ4v) is 5.88. The van der Waals surface area contributed by atoms with E-state index in [9.17, 15) is 9.90 Å². The zero-order valence-corrected chi connectivity index (χ0v) is 15.6. The number of rotatable bonds is 5. The van der Waals surface area contributed by atoms with Crippen molar-refractivity contribution in [1.29, 1.82) is 0 Å². The molecule has 0 spiro atoms. The first-order valence-corrected chi connectivity index (χ1v) is 9.53. The van der Waals surface area contributed by atoms with Gasteiger partial charge < -0.3 is 9.84 Å². The summed E-state index contributed by atoms with van der Waals surface area (Å²) in [6.45, 7) is 10.2. The third-order valence-electron chi connectivity index (χ3n) is 7.58. The first-order valence-electron chi connectivity index (χ1n) is 9.53. The molecule has 3 unspecified atom stereocenters. The molecule has 0 saturated heterocycles. The Bertz CT molecular complexity index is 481. The quantitative estimate of drug-likeness (QED) is 0.760. The average Bonchev–Trinajstić information content (AvgIpc) is 2.44. The fraction of sp³-hybridized carbons (Fsp3) is 0.950. The molecule has 0 amide bonds. The van der Waals surface area contributed by atoms with Crippen molar-refractivity contribution in [2.45, 2.75) is 97.2 Å². The van der Waals surface area contributed by atoms with E-state index in [4.69, 9.17) is 4.74 Å². The molecule has 4 saturated carbocycles. The predicted molar refractivity (Wildman–Crippen MR) is 90.9 cm³/mol. The van der Waals surface area contributed by atoms with E-state index in [2.05, 4.69) is 13.8 Å². The second-order valence-electron chi connectivity index (χ2n) is 9.68. The van der Waals surface area contributed by atoms with Crippen molar-refractivity contribution in [1.82, 2.24) is 0 Å². The number of hydrogen-bond acceptors (Lipinski definition) is 3. The van der Waals surface area contributed by atoms with E-state index in [1.807, 2.05) is 20.8 Å². The number of carbonyl (C=O) groups excluding carboxylic acids is 1. The zero-order chi connectivity index (χ0) is 17.1. The minimum atomic E-state index is -0.507. The van der Waals surface area contributed by atoms with Crippen molar-refractivity contribution in [2.75, 3.05) is 0 Å². The lowest BCUT2D eigenvalue weighted by atomic mass is 9.44. The van der Waals surface area contributed by atoms with Crippen LogP contribution in [0.4, 0.5) is 0 Å². The Kier molecular flexibility index (Phi) is 3.91. The lowest BCUT2D eigenvalue weighted by molar-refractivity contribution is -0.241. The van der Waals surface area contributed by atoms with Crippen LogP contribution in [0.2, 0.25) is 0 Å². The molecule has 0 heterocycles. The van der Waals surface area contributed by atoms with Crippen molar-refractivity contribution < 1.29 is 14.6 Å². The largest absolute Gasteiger partial charge is 0.458 e. The molecule has 0 aromatic rings. The average molecular weight is 322 g/mol. The molecule has 4 rings (SSSR count). The van der Waals surface area contributed by atoms with Gasteiger partial charge in [0.05, 0.1) is 11.0 Å². The van der Waals surface area contributed by atoms with Gasteiger partial charge in [0, 0.05) is 5.41 Å². The van der Waals surface area contributed by atoms with Gasteiger partial charge in [0.1, 0.15) is 5.60 Å². The van der Waals surface area contributed by atoms with Crippen molar-refractivity contribution in [3.8, 4) is 0 Å². The van der Waals surface area contributed by atoms with E-state index >= 15 is 0 Å². The molecule has 3 nitrogen and oxygen atoms in total. The van der Waals surface area contributed by atoms with Gasteiger partial charge in [-0.3, -0.25) is 4.79 Å². The number of ether oxygens (including phenoxy) is 1. The number of hydrogen-bond donors (Lipinski definition) is 1. The van der Waals surface area contributed by atoms with Crippen LogP contribution in [0.15, 0.2) is 0 Å². The molecule has 4 fully saturated rings. The highest BCUT2D eigenvalue weighted by atomic mass is 16.6. The summed E-state index contributed by atoms with van der Waals surface area (Å²) in [6, 6.07) is 0. The van der Waals surface area contributed by atoms with Crippen LogP contribution in [0.5, 0.6) is 0 Å². The van der Waals surface area contributed by atoms with Crippen LogP contribution in [0, 0.1) is 22.7 Å². The zero-order valence-electron chi connectivity index (χ0n) is 15.6. The molecule has 0 aromatic heterocycles. The van der Waals surface area contributed by atoms with Gasteiger partial charge in [-0.05, 0) is 84.0 Å². The van der Waals surface area contributed by atoms with Crippen molar-refractivity contribution >= 4 is 5.97 Å². The molecular weight excluding hydrogens is 288 g/mol. The van der Waals surface area contributed by atoms with Crippen LogP contribution >= 0.6 is 0 Å². The topological polar surface area (TPSA) is 46.5 Å². The maximum Gasteiger partial charge on any atom is 0.312 e. The van der Waals surface area contributed by atoms with Crippen molar-refractivity contribution in [2.24, 2.45) is 22.7 Å². The van der Waals surface area contributed by atoms with Gasteiger partial charge in [0.25, 0.3) is 0 Å². The maximum absolute atomic E-state index is 12.8. The minimum absolute atomic E-state index is 0.0277. The summed E-state index contributed by atoms with van der Waals surface area (Å²) < 4.78 is 6.22. The van der Waals surface area contributed by atoms with Gasteiger partial charge in [-0.25, -0.2) is 0 Å². The van der Waals surface area contributed by atoms with Gasteiger partial charge in [0.2, 0.25) is 0 Å². The monoisotopic (exact) mass is 322 g/mol. The molecule has 4 aliphatic carbocycles. The Morgan fingerprint density at radius 3 is 2.09 bits per heavy atom. The molecule has 4 bridgehead atoms. The first-order chi connectivity index (χ1) is 10.6. The van der Waals surface area contributed by atoms with Crippen molar-refractivity contribution in [3.63, 3.8) is 0 Å². The lowest BCUT2D eigenvalue weighted by Gasteiger charge is -2.64.